The third kappa shape index (κ3) is 2.50. The van der Waals surface area contributed by atoms with Gasteiger partial charge >= 0.3 is 0 Å². The second-order valence-corrected chi connectivity index (χ2v) is 6.66. The number of nitrogens with one attached hydrogen (secondary N) is 1. The molecule has 0 unspecified atom stereocenters. The van der Waals surface area contributed by atoms with Crippen molar-refractivity contribution in [1.29, 1.82) is 0 Å². The summed E-state index contributed by atoms with van der Waals surface area (Å²) in [5.74, 6) is -1.39. The van der Waals surface area contributed by atoms with E-state index in [1.54, 1.807) is 24.3 Å². The van der Waals surface area contributed by atoms with Crippen molar-refractivity contribution in [3.63, 3.8) is 0 Å². The van der Waals surface area contributed by atoms with E-state index in [0.717, 1.165) is 12.0 Å². The average Bonchev–Trinajstić information content (AvgIpc) is 2.89. The van der Waals surface area contributed by atoms with Gasteiger partial charge < -0.3 is 10.4 Å². The second kappa shape index (κ2) is 5.97. The van der Waals surface area contributed by atoms with Crippen LogP contribution in [0.1, 0.15) is 30.4 Å². The predicted octanol–water partition coefficient (Wildman–Crippen LogP) is 3.28. The van der Waals surface area contributed by atoms with Crippen molar-refractivity contribution < 1.29 is 14.7 Å². The number of aliphatic hydroxyl groups is 1. The maximum Gasteiger partial charge on any atom is 0.261 e. The van der Waals surface area contributed by atoms with Gasteiger partial charge in [-0.2, -0.15) is 0 Å². The lowest BCUT2D eigenvalue weighted by molar-refractivity contribution is -0.148. The Bertz CT molecular complexity index is 872. The minimum atomic E-state index is -1.79. The maximum absolute atomic E-state index is 13.1. The highest BCUT2D eigenvalue weighted by molar-refractivity contribution is 6.11. The smallest absolute Gasteiger partial charge is 0.261 e. The van der Waals surface area contributed by atoms with Gasteiger partial charge in [0.15, 0.2) is 11.4 Å². The molecule has 2 aromatic rings. The van der Waals surface area contributed by atoms with Gasteiger partial charge in [0.05, 0.1) is 5.92 Å². The molecule has 2 aromatic carbocycles. The van der Waals surface area contributed by atoms with Gasteiger partial charge in [-0.1, -0.05) is 48.5 Å². The zero-order valence-electron chi connectivity index (χ0n) is 13.7. The van der Waals surface area contributed by atoms with E-state index in [1.807, 2.05) is 36.4 Å². The molecule has 0 bridgehead atoms. The molecule has 1 aliphatic carbocycles. The van der Waals surface area contributed by atoms with E-state index in [4.69, 9.17) is 0 Å². The van der Waals surface area contributed by atoms with Gasteiger partial charge in [-0.25, -0.2) is 0 Å². The minimum Gasteiger partial charge on any atom is -0.375 e. The van der Waals surface area contributed by atoms with Crippen LogP contribution in [0.4, 0.5) is 5.69 Å². The molecule has 4 rings (SSSR count). The average molecular weight is 333 g/mol. The lowest BCUT2D eigenvalue weighted by atomic mass is 9.71. The van der Waals surface area contributed by atoms with E-state index in [9.17, 15) is 14.7 Å². The Labute approximate surface area is 146 Å². The standard InChI is InChI=1S/C21H19NO3/c23-19-15(13-14-7-2-1-3-8-14)9-6-11-17(19)21(25)16-10-4-5-12-18(16)22-20(21)24/h1-5,7-8,10,12-13,17,25H,6,9,11H2,(H,22,24)/b15-13+/t17-,21+/m1/s1. The van der Waals surface area contributed by atoms with Crippen molar-refractivity contribution >= 4 is 23.5 Å². The third-order valence-electron chi connectivity index (χ3n) is 5.15. The molecule has 4 nitrogen and oxygen atoms in total. The number of ketones is 1. The van der Waals surface area contributed by atoms with Crippen LogP contribution < -0.4 is 5.32 Å². The number of fused-ring (bicyclic) bond motifs is 1. The van der Waals surface area contributed by atoms with Crippen LogP contribution >= 0.6 is 0 Å². The summed E-state index contributed by atoms with van der Waals surface area (Å²) in [5, 5.41) is 13.9. The summed E-state index contributed by atoms with van der Waals surface area (Å²) in [6.45, 7) is 0. The van der Waals surface area contributed by atoms with Crippen LogP contribution in [0.25, 0.3) is 6.08 Å². The number of anilines is 1. The molecular weight excluding hydrogens is 314 g/mol. The molecule has 2 atom stereocenters. The highest BCUT2D eigenvalue weighted by Gasteiger charge is 2.54. The molecule has 0 aromatic heterocycles. The fraction of sp³-hybridized carbons (Fsp3) is 0.238. The van der Waals surface area contributed by atoms with Crippen LogP contribution in [0.15, 0.2) is 60.2 Å². The van der Waals surface area contributed by atoms with Crippen LogP contribution in [0.2, 0.25) is 0 Å². The third-order valence-corrected chi connectivity index (χ3v) is 5.15. The van der Waals surface area contributed by atoms with Crippen molar-refractivity contribution in [2.45, 2.75) is 24.9 Å². The van der Waals surface area contributed by atoms with Crippen LogP contribution in [0.5, 0.6) is 0 Å². The first-order chi connectivity index (χ1) is 12.1. The van der Waals surface area contributed by atoms with E-state index < -0.39 is 17.4 Å². The summed E-state index contributed by atoms with van der Waals surface area (Å²) in [5.41, 5.74) is 0.924. The van der Waals surface area contributed by atoms with Crippen LogP contribution in [-0.4, -0.2) is 16.8 Å². The molecular formula is C21H19NO3. The molecule has 2 N–H and O–H groups in total. The zero-order chi connectivity index (χ0) is 17.4. The van der Waals surface area contributed by atoms with E-state index >= 15 is 0 Å². The van der Waals surface area contributed by atoms with Crippen molar-refractivity contribution in [3.8, 4) is 0 Å². The molecule has 0 radical (unpaired) electrons. The molecule has 0 spiro atoms. The van der Waals surface area contributed by atoms with E-state index in [2.05, 4.69) is 5.32 Å². The first-order valence-electron chi connectivity index (χ1n) is 8.54. The van der Waals surface area contributed by atoms with Gasteiger partial charge in [0, 0.05) is 11.3 Å². The number of carbonyl (C=O) groups excluding carboxylic acids is 2. The molecule has 1 saturated carbocycles. The fourth-order valence-corrected chi connectivity index (χ4v) is 3.88. The number of rotatable bonds is 2. The summed E-state index contributed by atoms with van der Waals surface area (Å²) in [7, 11) is 0. The Morgan fingerprint density at radius 3 is 2.56 bits per heavy atom. The molecule has 1 fully saturated rings. The van der Waals surface area contributed by atoms with Crippen LogP contribution in [0.3, 0.4) is 0 Å². The SMILES string of the molecule is O=C1/C(=C/c2ccccc2)CCC[C@H]1[C@]1(O)C(=O)Nc2ccccc21. The first kappa shape index (κ1) is 15.8. The molecule has 1 aliphatic heterocycles. The Morgan fingerprint density at radius 2 is 1.76 bits per heavy atom. The number of Topliss-reactive ketones (excluding diaryl/α,β-unsaturated/α-hetero) is 1. The summed E-state index contributed by atoms with van der Waals surface area (Å²) in [6.07, 6.45) is 3.82. The van der Waals surface area contributed by atoms with E-state index in [1.165, 1.54) is 0 Å². The number of allylic oxidation sites excluding steroid dienone is 1. The zero-order valence-corrected chi connectivity index (χ0v) is 13.7. The fourth-order valence-electron chi connectivity index (χ4n) is 3.88. The second-order valence-electron chi connectivity index (χ2n) is 6.66. The predicted molar refractivity (Wildman–Crippen MR) is 95.7 cm³/mol. The Kier molecular flexibility index (Phi) is 3.77. The molecule has 1 amide bonds. The summed E-state index contributed by atoms with van der Waals surface area (Å²) >= 11 is 0. The summed E-state index contributed by atoms with van der Waals surface area (Å²) in [6, 6.07) is 16.7. The van der Waals surface area contributed by atoms with Crippen molar-refractivity contribution in [3.05, 3.63) is 71.3 Å². The van der Waals surface area contributed by atoms with E-state index in [0.29, 0.717) is 29.7 Å². The topological polar surface area (TPSA) is 66.4 Å². The molecule has 2 aliphatic rings. The van der Waals surface area contributed by atoms with Crippen LogP contribution in [0, 0.1) is 5.92 Å². The first-order valence-corrected chi connectivity index (χ1v) is 8.54. The maximum atomic E-state index is 13.1. The Hall–Kier alpha value is -2.72. The lowest BCUT2D eigenvalue weighted by Crippen LogP contribution is -2.47. The van der Waals surface area contributed by atoms with Gasteiger partial charge in [-0.15, -0.1) is 0 Å². The van der Waals surface area contributed by atoms with Gasteiger partial charge in [0.2, 0.25) is 0 Å². The van der Waals surface area contributed by atoms with Crippen molar-refractivity contribution in [1.82, 2.24) is 0 Å². The molecule has 25 heavy (non-hydrogen) atoms. The molecule has 126 valence electrons. The van der Waals surface area contributed by atoms with Crippen LogP contribution in [-0.2, 0) is 15.2 Å². The number of hydrogen-bond donors (Lipinski definition) is 2. The number of amides is 1. The number of benzene rings is 2. The molecule has 0 saturated heterocycles. The van der Waals surface area contributed by atoms with Crippen molar-refractivity contribution in [2.24, 2.45) is 5.92 Å². The molecule has 1 heterocycles. The number of para-hydroxylation sites is 1. The summed E-state index contributed by atoms with van der Waals surface area (Å²) < 4.78 is 0. The highest BCUT2D eigenvalue weighted by Crippen LogP contribution is 2.46. The summed E-state index contributed by atoms with van der Waals surface area (Å²) in [4.78, 5) is 25.6. The normalized spacial score (nSPS) is 27.2. The van der Waals surface area contributed by atoms with Gasteiger partial charge in [0.1, 0.15) is 0 Å². The number of hydrogen-bond acceptors (Lipinski definition) is 3. The van der Waals surface area contributed by atoms with Gasteiger partial charge in [-0.3, -0.25) is 9.59 Å². The molecule has 4 heteroatoms. The minimum absolute atomic E-state index is 0.135. The van der Waals surface area contributed by atoms with Gasteiger partial charge in [0.25, 0.3) is 5.91 Å². The van der Waals surface area contributed by atoms with Gasteiger partial charge in [-0.05, 0) is 42.5 Å². The largest absolute Gasteiger partial charge is 0.375 e. The van der Waals surface area contributed by atoms with E-state index in [-0.39, 0.29) is 5.78 Å². The van der Waals surface area contributed by atoms with Crippen molar-refractivity contribution in [2.75, 3.05) is 5.32 Å². The highest BCUT2D eigenvalue weighted by atomic mass is 16.3. The quantitative estimate of drug-likeness (QED) is 0.829. The Morgan fingerprint density at radius 1 is 1.04 bits per heavy atom. The number of carbonyl (C=O) groups is 2. The Balaban J connectivity index is 1.72. The monoisotopic (exact) mass is 333 g/mol. The lowest BCUT2D eigenvalue weighted by Gasteiger charge is -2.33.